The van der Waals surface area contributed by atoms with Crippen molar-refractivity contribution in [2.45, 2.75) is 52.2 Å². The molecular weight excluding hydrogens is 338 g/mol. The molecule has 2 heterocycles. The lowest BCUT2D eigenvalue weighted by molar-refractivity contribution is -0.165. The monoisotopic (exact) mass is 365 g/mol. The molecule has 7 nitrogen and oxygen atoms in total. The first-order valence-corrected chi connectivity index (χ1v) is 9.25. The minimum Gasteiger partial charge on any atom is -0.465 e. The smallest absolute Gasteiger partial charge is 0.410 e. The number of rotatable bonds is 2. The number of nitrogens with zero attached hydrogens (tertiary/aromatic N) is 1. The van der Waals surface area contributed by atoms with Crippen LogP contribution in [0.15, 0.2) is 11.6 Å². The first-order valence-electron chi connectivity index (χ1n) is 9.25. The molecule has 3 rings (SSSR count). The third-order valence-corrected chi connectivity index (χ3v) is 5.22. The lowest BCUT2D eigenvalue weighted by atomic mass is 9.63. The van der Waals surface area contributed by atoms with Gasteiger partial charge in [-0.15, -0.1) is 0 Å². The molecular formula is C19H27NO6. The number of piperidine rings is 1. The van der Waals surface area contributed by atoms with E-state index in [-0.39, 0.29) is 43.0 Å². The van der Waals surface area contributed by atoms with Crippen LogP contribution in [0, 0.1) is 17.8 Å². The molecule has 2 saturated heterocycles. The van der Waals surface area contributed by atoms with Crippen molar-refractivity contribution in [2.75, 3.05) is 19.8 Å². The number of hydrogen-bond donors (Lipinski definition) is 0. The standard InChI is InChI=1S/C19H27NO6/c1-5-24-15(21)9-13-12-6-7-20(18(23)26-19(2,3)4)16(13)11-8-14(12)17(22)25-10-11/h9,11-12,14,16H,5-8,10H2,1-4H3/b13-9-/t11-,12-,14-,16-/m0/s1. The Bertz CT molecular complexity index is 634. The zero-order chi connectivity index (χ0) is 19.1. The maximum absolute atomic E-state index is 12.7. The number of fused-ring (bicyclic) bond motifs is 6. The summed E-state index contributed by atoms with van der Waals surface area (Å²) in [4.78, 5) is 38.7. The lowest BCUT2D eigenvalue weighted by Gasteiger charge is -2.52. The number of hydrogen-bond acceptors (Lipinski definition) is 6. The fraction of sp³-hybridized carbons (Fsp3) is 0.737. The molecule has 1 saturated carbocycles. The second-order valence-corrected chi connectivity index (χ2v) is 8.14. The minimum absolute atomic E-state index is 0.0255. The van der Waals surface area contributed by atoms with Gasteiger partial charge in [-0.3, -0.25) is 4.79 Å². The second-order valence-electron chi connectivity index (χ2n) is 8.14. The van der Waals surface area contributed by atoms with Crippen LogP contribution in [0.1, 0.15) is 40.5 Å². The number of carbonyl (C=O) groups excluding carboxylic acids is 3. The number of esters is 2. The summed E-state index contributed by atoms with van der Waals surface area (Å²) in [6, 6.07) is -0.294. The fourth-order valence-corrected chi connectivity index (χ4v) is 4.32. The summed E-state index contributed by atoms with van der Waals surface area (Å²) >= 11 is 0. The summed E-state index contributed by atoms with van der Waals surface area (Å²) in [6.45, 7) is 8.27. The Morgan fingerprint density at radius 2 is 2.04 bits per heavy atom. The van der Waals surface area contributed by atoms with Crippen LogP contribution in [0.3, 0.4) is 0 Å². The van der Waals surface area contributed by atoms with Crippen LogP contribution >= 0.6 is 0 Å². The quantitative estimate of drug-likeness (QED) is 0.424. The highest BCUT2D eigenvalue weighted by atomic mass is 16.6. The van der Waals surface area contributed by atoms with Gasteiger partial charge in [-0.2, -0.15) is 0 Å². The van der Waals surface area contributed by atoms with Crippen LogP contribution < -0.4 is 0 Å². The SMILES string of the molecule is CCOC(=O)/C=C1\[C@@H]2[C@@H]3COC(=O)[C@@H](C3)[C@H]1CCN2C(=O)OC(C)(C)C. The molecule has 0 aromatic carbocycles. The Labute approximate surface area is 153 Å². The molecule has 0 unspecified atom stereocenters. The van der Waals surface area contributed by atoms with E-state index in [0.717, 1.165) is 5.57 Å². The maximum atomic E-state index is 12.7. The van der Waals surface area contributed by atoms with Gasteiger partial charge in [0.2, 0.25) is 0 Å². The zero-order valence-electron chi connectivity index (χ0n) is 15.8. The van der Waals surface area contributed by atoms with Crippen LogP contribution in [0.25, 0.3) is 0 Å². The number of carbonyl (C=O) groups is 3. The van der Waals surface area contributed by atoms with Crippen molar-refractivity contribution in [2.24, 2.45) is 17.8 Å². The molecule has 3 aliphatic rings. The van der Waals surface area contributed by atoms with Crippen molar-refractivity contribution in [1.29, 1.82) is 0 Å². The third-order valence-electron chi connectivity index (χ3n) is 5.22. The molecule has 7 heteroatoms. The Morgan fingerprint density at radius 1 is 1.31 bits per heavy atom. The van der Waals surface area contributed by atoms with E-state index in [1.165, 1.54) is 6.08 Å². The van der Waals surface area contributed by atoms with E-state index in [4.69, 9.17) is 14.2 Å². The molecule has 0 radical (unpaired) electrons. The van der Waals surface area contributed by atoms with E-state index >= 15 is 0 Å². The van der Waals surface area contributed by atoms with Gasteiger partial charge in [0.15, 0.2) is 0 Å². The molecule has 4 atom stereocenters. The highest BCUT2D eigenvalue weighted by Crippen LogP contribution is 2.48. The predicted molar refractivity (Wildman–Crippen MR) is 92.1 cm³/mol. The molecule has 0 N–H and O–H groups in total. The zero-order valence-corrected chi connectivity index (χ0v) is 15.8. The number of cyclic esters (lactones) is 1. The normalized spacial score (nSPS) is 32.1. The molecule has 0 aromatic heterocycles. The molecule has 4 bridgehead atoms. The van der Waals surface area contributed by atoms with Gasteiger partial charge < -0.3 is 19.1 Å². The highest BCUT2D eigenvalue weighted by Gasteiger charge is 2.53. The molecule has 144 valence electrons. The van der Waals surface area contributed by atoms with E-state index in [1.54, 1.807) is 11.8 Å². The van der Waals surface area contributed by atoms with E-state index in [0.29, 0.717) is 19.4 Å². The average Bonchev–Trinajstić information content (AvgIpc) is 2.52. The van der Waals surface area contributed by atoms with Gasteiger partial charge in [0, 0.05) is 18.5 Å². The molecule has 2 aliphatic heterocycles. The van der Waals surface area contributed by atoms with Gasteiger partial charge in [0.05, 0.1) is 25.2 Å². The summed E-state index contributed by atoms with van der Waals surface area (Å²) in [5, 5.41) is 0. The summed E-state index contributed by atoms with van der Waals surface area (Å²) in [6.07, 6.45) is 2.36. The van der Waals surface area contributed by atoms with Gasteiger partial charge in [-0.05, 0) is 52.0 Å². The van der Waals surface area contributed by atoms with Crippen molar-refractivity contribution in [3.63, 3.8) is 0 Å². The van der Waals surface area contributed by atoms with Crippen LogP contribution in [0.5, 0.6) is 0 Å². The molecule has 1 aliphatic carbocycles. The summed E-state index contributed by atoms with van der Waals surface area (Å²) in [7, 11) is 0. The van der Waals surface area contributed by atoms with Gasteiger partial charge in [0.25, 0.3) is 0 Å². The Balaban J connectivity index is 1.94. The van der Waals surface area contributed by atoms with Gasteiger partial charge in [0.1, 0.15) is 5.60 Å². The number of ether oxygens (including phenoxy) is 3. The fourth-order valence-electron chi connectivity index (χ4n) is 4.32. The maximum Gasteiger partial charge on any atom is 0.410 e. The van der Waals surface area contributed by atoms with Crippen molar-refractivity contribution in [1.82, 2.24) is 4.90 Å². The predicted octanol–water partition coefficient (Wildman–Crippen LogP) is 2.29. The van der Waals surface area contributed by atoms with Crippen molar-refractivity contribution < 1.29 is 28.6 Å². The lowest BCUT2D eigenvalue weighted by Crippen LogP contribution is -2.60. The number of amides is 1. The topological polar surface area (TPSA) is 82.1 Å². The van der Waals surface area contributed by atoms with E-state index in [9.17, 15) is 14.4 Å². The molecule has 26 heavy (non-hydrogen) atoms. The van der Waals surface area contributed by atoms with Crippen LogP contribution in [0.4, 0.5) is 4.79 Å². The summed E-state index contributed by atoms with van der Waals surface area (Å²) in [5.74, 6) is -0.997. The van der Waals surface area contributed by atoms with Crippen LogP contribution in [-0.2, 0) is 23.8 Å². The van der Waals surface area contributed by atoms with Crippen LogP contribution in [0.2, 0.25) is 0 Å². The van der Waals surface area contributed by atoms with E-state index < -0.39 is 17.7 Å². The van der Waals surface area contributed by atoms with E-state index in [1.807, 2.05) is 20.8 Å². The second kappa shape index (κ2) is 6.93. The van der Waals surface area contributed by atoms with Gasteiger partial charge in [-0.25, -0.2) is 9.59 Å². The molecule has 0 spiro atoms. The number of likely N-dealkylation sites (tertiary alicyclic amines) is 1. The molecule has 1 amide bonds. The summed E-state index contributed by atoms with van der Waals surface area (Å²) in [5.41, 5.74) is 0.202. The first-order chi connectivity index (χ1) is 12.2. The first kappa shape index (κ1) is 18.7. The highest BCUT2D eigenvalue weighted by molar-refractivity contribution is 5.84. The molecule has 0 aromatic rings. The average molecular weight is 365 g/mol. The van der Waals surface area contributed by atoms with Gasteiger partial charge in [-0.1, -0.05) is 0 Å². The third kappa shape index (κ3) is 3.57. The Kier molecular flexibility index (Phi) is 4.99. The Morgan fingerprint density at radius 3 is 2.69 bits per heavy atom. The largest absolute Gasteiger partial charge is 0.465 e. The molecule has 3 fully saturated rings. The van der Waals surface area contributed by atoms with Crippen molar-refractivity contribution in [3.05, 3.63) is 11.6 Å². The summed E-state index contributed by atoms with van der Waals surface area (Å²) < 4.78 is 16.0. The van der Waals surface area contributed by atoms with E-state index in [2.05, 4.69) is 0 Å². The minimum atomic E-state index is -0.602. The van der Waals surface area contributed by atoms with Crippen molar-refractivity contribution in [3.8, 4) is 0 Å². The van der Waals surface area contributed by atoms with Crippen molar-refractivity contribution >= 4 is 18.0 Å². The van der Waals surface area contributed by atoms with Crippen LogP contribution in [-0.4, -0.2) is 54.3 Å². The Hall–Kier alpha value is -2.05. The van der Waals surface area contributed by atoms with Gasteiger partial charge >= 0.3 is 18.0 Å².